The average molecular weight is 458 g/mol. The molecule has 9 heteroatoms. The number of benzene rings is 2. The van der Waals surface area contributed by atoms with Crippen LogP contribution in [-0.2, 0) is 10.0 Å². The van der Waals surface area contributed by atoms with Crippen molar-refractivity contribution in [2.45, 2.75) is 24.0 Å². The summed E-state index contributed by atoms with van der Waals surface area (Å²) >= 11 is 1.12. The van der Waals surface area contributed by atoms with Crippen molar-refractivity contribution in [2.24, 2.45) is 0 Å². The second kappa shape index (κ2) is 10.2. The molecule has 2 amide bonds. The van der Waals surface area contributed by atoms with Crippen molar-refractivity contribution < 1.29 is 18.0 Å². The third kappa shape index (κ3) is 5.93. The zero-order valence-electron chi connectivity index (χ0n) is 16.9. The van der Waals surface area contributed by atoms with Gasteiger partial charge < -0.3 is 10.6 Å². The van der Waals surface area contributed by atoms with E-state index in [1.807, 2.05) is 6.92 Å². The second-order valence-corrected chi connectivity index (χ2v) is 9.58. The van der Waals surface area contributed by atoms with Crippen LogP contribution in [0.3, 0.4) is 0 Å². The van der Waals surface area contributed by atoms with Gasteiger partial charge in [-0.25, -0.2) is 8.42 Å². The highest BCUT2D eigenvalue weighted by molar-refractivity contribution is 7.94. The first-order chi connectivity index (χ1) is 14.9. The van der Waals surface area contributed by atoms with Crippen molar-refractivity contribution in [3.05, 3.63) is 77.2 Å². The van der Waals surface area contributed by atoms with Gasteiger partial charge in [0, 0.05) is 17.8 Å². The average Bonchev–Trinajstić information content (AvgIpc) is 3.30. The molecule has 0 spiro atoms. The summed E-state index contributed by atoms with van der Waals surface area (Å²) in [4.78, 5) is 25.1. The van der Waals surface area contributed by atoms with Crippen LogP contribution in [0.1, 0.15) is 40.5 Å². The molecule has 3 aromatic rings. The molecule has 0 aliphatic rings. The SMILES string of the molecule is CCCCNC(=O)c1ccccc1NC(=O)c1ccc(NS(=O)(=O)c2cccs2)cc1. The Morgan fingerprint density at radius 2 is 1.68 bits per heavy atom. The molecule has 0 saturated carbocycles. The topological polar surface area (TPSA) is 104 Å². The number of thiophene rings is 1. The molecule has 0 atom stereocenters. The zero-order valence-corrected chi connectivity index (χ0v) is 18.6. The lowest BCUT2D eigenvalue weighted by atomic mass is 10.1. The highest BCUT2D eigenvalue weighted by atomic mass is 32.2. The summed E-state index contributed by atoms with van der Waals surface area (Å²) in [5.41, 5.74) is 1.47. The smallest absolute Gasteiger partial charge is 0.271 e. The fourth-order valence-electron chi connectivity index (χ4n) is 2.77. The van der Waals surface area contributed by atoms with Crippen LogP contribution in [0.2, 0.25) is 0 Å². The molecule has 0 aliphatic heterocycles. The maximum atomic E-state index is 12.7. The third-order valence-corrected chi connectivity index (χ3v) is 7.17. The molecule has 1 aromatic heterocycles. The fraction of sp³-hybridized carbons (Fsp3) is 0.182. The van der Waals surface area contributed by atoms with Crippen molar-refractivity contribution in [1.82, 2.24) is 5.32 Å². The predicted octanol–water partition coefficient (Wildman–Crippen LogP) is 4.33. The Morgan fingerprint density at radius 3 is 2.35 bits per heavy atom. The molecule has 1 heterocycles. The van der Waals surface area contributed by atoms with Gasteiger partial charge in [-0.3, -0.25) is 14.3 Å². The van der Waals surface area contributed by atoms with Gasteiger partial charge >= 0.3 is 0 Å². The van der Waals surface area contributed by atoms with E-state index in [1.165, 1.54) is 30.3 Å². The fourth-order valence-corrected chi connectivity index (χ4v) is 4.82. The number of anilines is 2. The molecular formula is C22H23N3O4S2. The van der Waals surface area contributed by atoms with E-state index in [2.05, 4.69) is 15.4 Å². The van der Waals surface area contributed by atoms with Crippen molar-refractivity contribution >= 4 is 44.5 Å². The number of hydrogen-bond acceptors (Lipinski definition) is 5. The minimum atomic E-state index is -3.65. The van der Waals surface area contributed by atoms with Gasteiger partial charge in [-0.15, -0.1) is 11.3 Å². The van der Waals surface area contributed by atoms with Gasteiger partial charge in [0.1, 0.15) is 4.21 Å². The van der Waals surface area contributed by atoms with Crippen LogP contribution in [0, 0.1) is 0 Å². The molecule has 0 aliphatic carbocycles. The molecule has 0 radical (unpaired) electrons. The van der Waals surface area contributed by atoms with E-state index in [0.29, 0.717) is 29.0 Å². The number of unbranched alkanes of at least 4 members (excludes halogenated alkanes) is 1. The van der Waals surface area contributed by atoms with Gasteiger partial charge in [0.15, 0.2) is 0 Å². The van der Waals surface area contributed by atoms with Crippen LogP contribution in [0.25, 0.3) is 0 Å². The molecule has 3 rings (SSSR count). The van der Waals surface area contributed by atoms with E-state index in [1.54, 1.807) is 35.7 Å². The Morgan fingerprint density at radius 1 is 0.935 bits per heavy atom. The van der Waals surface area contributed by atoms with Crippen LogP contribution in [0.5, 0.6) is 0 Å². The predicted molar refractivity (Wildman–Crippen MR) is 123 cm³/mol. The standard InChI is InChI=1S/C22H23N3O4S2/c1-2-3-14-23-22(27)18-7-4-5-8-19(18)24-21(26)16-10-12-17(13-11-16)25-31(28,29)20-9-6-15-30-20/h4-13,15,25H,2-3,14H2,1H3,(H,23,27)(H,24,26). The van der Waals surface area contributed by atoms with Crippen LogP contribution >= 0.6 is 11.3 Å². The minimum Gasteiger partial charge on any atom is -0.352 e. The van der Waals surface area contributed by atoms with E-state index in [0.717, 1.165) is 24.2 Å². The summed E-state index contributed by atoms with van der Waals surface area (Å²) in [7, 11) is -3.65. The van der Waals surface area contributed by atoms with Crippen molar-refractivity contribution in [1.29, 1.82) is 0 Å². The summed E-state index contributed by atoms with van der Waals surface area (Å²) in [5.74, 6) is -0.649. The number of carbonyl (C=O) groups excluding carboxylic acids is 2. The maximum absolute atomic E-state index is 12.7. The Kier molecular flexibility index (Phi) is 7.43. The highest BCUT2D eigenvalue weighted by Crippen LogP contribution is 2.21. The van der Waals surface area contributed by atoms with E-state index >= 15 is 0 Å². The van der Waals surface area contributed by atoms with Crippen molar-refractivity contribution in [3.63, 3.8) is 0 Å². The number of hydrogen-bond donors (Lipinski definition) is 3. The molecule has 0 saturated heterocycles. The van der Waals surface area contributed by atoms with Crippen LogP contribution < -0.4 is 15.4 Å². The molecule has 162 valence electrons. The maximum Gasteiger partial charge on any atom is 0.271 e. The lowest BCUT2D eigenvalue weighted by molar-refractivity contribution is 0.0954. The summed E-state index contributed by atoms with van der Waals surface area (Å²) in [6, 6.07) is 16.0. The summed E-state index contributed by atoms with van der Waals surface area (Å²) in [6.45, 7) is 2.61. The lowest BCUT2D eigenvalue weighted by Gasteiger charge is -2.12. The molecule has 2 aromatic carbocycles. The molecule has 0 bridgehead atoms. The van der Waals surface area contributed by atoms with Gasteiger partial charge in [0.25, 0.3) is 21.8 Å². The van der Waals surface area contributed by atoms with E-state index in [9.17, 15) is 18.0 Å². The van der Waals surface area contributed by atoms with Crippen molar-refractivity contribution in [2.75, 3.05) is 16.6 Å². The first-order valence-electron chi connectivity index (χ1n) is 9.75. The Balaban J connectivity index is 1.68. The number of rotatable bonds is 9. The minimum absolute atomic E-state index is 0.211. The van der Waals surface area contributed by atoms with E-state index in [4.69, 9.17) is 0 Å². The summed E-state index contributed by atoms with van der Waals surface area (Å²) in [6.07, 6.45) is 1.85. The molecule has 3 N–H and O–H groups in total. The zero-order chi connectivity index (χ0) is 22.3. The van der Waals surface area contributed by atoms with Crippen LogP contribution in [0.15, 0.2) is 70.3 Å². The van der Waals surface area contributed by atoms with E-state index < -0.39 is 15.9 Å². The number of para-hydroxylation sites is 1. The largest absolute Gasteiger partial charge is 0.352 e. The number of nitrogens with one attached hydrogen (secondary N) is 3. The molecule has 0 unspecified atom stereocenters. The van der Waals surface area contributed by atoms with Gasteiger partial charge in [-0.1, -0.05) is 31.5 Å². The van der Waals surface area contributed by atoms with Gasteiger partial charge in [0.05, 0.1) is 11.3 Å². The molecule has 0 fully saturated rings. The number of sulfonamides is 1. The van der Waals surface area contributed by atoms with E-state index in [-0.39, 0.29) is 10.1 Å². The first kappa shape index (κ1) is 22.5. The van der Waals surface area contributed by atoms with Gasteiger partial charge in [0.2, 0.25) is 0 Å². The Bertz CT molecular complexity index is 1140. The summed E-state index contributed by atoms with van der Waals surface area (Å²) < 4.78 is 27.3. The normalized spacial score (nSPS) is 11.0. The first-order valence-corrected chi connectivity index (χ1v) is 12.1. The summed E-state index contributed by atoms with van der Waals surface area (Å²) in [5, 5.41) is 7.28. The second-order valence-electron chi connectivity index (χ2n) is 6.72. The third-order valence-electron chi connectivity index (χ3n) is 4.40. The van der Waals surface area contributed by atoms with Crippen molar-refractivity contribution in [3.8, 4) is 0 Å². The van der Waals surface area contributed by atoms with Crippen LogP contribution in [-0.4, -0.2) is 26.8 Å². The Labute approximate surface area is 185 Å². The molecule has 7 nitrogen and oxygen atoms in total. The Hall–Kier alpha value is -3.17. The molecular weight excluding hydrogens is 434 g/mol. The number of carbonyl (C=O) groups is 2. The number of amides is 2. The van der Waals surface area contributed by atoms with Gasteiger partial charge in [-0.05, 0) is 54.3 Å². The van der Waals surface area contributed by atoms with Gasteiger partial charge in [-0.2, -0.15) is 0 Å². The lowest BCUT2D eigenvalue weighted by Crippen LogP contribution is -2.26. The highest BCUT2D eigenvalue weighted by Gasteiger charge is 2.16. The molecule has 31 heavy (non-hydrogen) atoms. The van der Waals surface area contributed by atoms with Crippen LogP contribution in [0.4, 0.5) is 11.4 Å². The quantitative estimate of drug-likeness (QED) is 0.416. The monoisotopic (exact) mass is 457 g/mol.